The van der Waals surface area contributed by atoms with Crippen LogP contribution in [0.3, 0.4) is 0 Å². The molecule has 1 aromatic carbocycles. The van der Waals surface area contributed by atoms with Crippen LogP contribution in [0.2, 0.25) is 5.02 Å². The second-order valence-electron chi connectivity index (χ2n) is 6.00. The second-order valence-corrected chi connectivity index (χ2v) is 8.32. The van der Waals surface area contributed by atoms with E-state index in [1.54, 1.807) is 11.8 Å². The summed E-state index contributed by atoms with van der Waals surface area (Å²) in [4.78, 5) is 20.9. The number of nitrogens with one attached hydrogen (secondary N) is 1. The molecule has 130 valence electrons. The van der Waals surface area contributed by atoms with Gasteiger partial charge >= 0.3 is 0 Å². The van der Waals surface area contributed by atoms with E-state index in [0.717, 1.165) is 47.0 Å². The predicted octanol–water partition coefficient (Wildman–Crippen LogP) is 4.72. The van der Waals surface area contributed by atoms with E-state index in [2.05, 4.69) is 9.97 Å². The standard InChI is InChI=1S/C18H17ClN2O2S2/c19-12-5-3-11(4-6-12)14-9-25-18-16(14)17(22)20-15(21-18)10-24-8-13-2-1-7-23-13/h3-6,9,13H,1-2,7-8,10H2,(H,20,21,22)/t13-/m1/s1. The van der Waals surface area contributed by atoms with Crippen molar-refractivity contribution < 1.29 is 4.74 Å². The Morgan fingerprint density at radius 2 is 2.20 bits per heavy atom. The Balaban J connectivity index is 1.56. The van der Waals surface area contributed by atoms with Gasteiger partial charge in [-0.25, -0.2) is 4.98 Å². The van der Waals surface area contributed by atoms with Crippen LogP contribution in [-0.2, 0) is 10.5 Å². The van der Waals surface area contributed by atoms with Crippen LogP contribution in [0, 0.1) is 0 Å². The molecular weight excluding hydrogens is 376 g/mol. The molecule has 1 fully saturated rings. The lowest BCUT2D eigenvalue weighted by Gasteiger charge is -2.08. The number of benzene rings is 1. The molecule has 1 aliphatic heterocycles. The van der Waals surface area contributed by atoms with E-state index < -0.39 is 0 Å². The smallest absolute Gasteiger partial charge is 0.260 e. The largest absolute Gasteiger partial charge is 0.377 e. The molecule has 3 heterocycles. The third kappa shape index (κ3) is 3.77. The minimum atomic E-state index is -0.0797. The highest BCUT2D eigenvalue weighted by Crippen LogP contribution is 2.31. The third-order valence-corrected chi connectivity index (χ3v) is 6.42. The van der Waals surface area contributed by atoms with E-state index in [9.17, 15) is 4.79 Å². The molecule has 1 N–H and O–H groups in total. The zero-order valence-corrected chi connectivity index (χ0v) is 15.8. The van der Waals surface area contributed by atoms with Crippen molar-refractivity contribution in [3.8, 4) is 11.1 Å². The summed E-state index contributed by atoms with van der Waals surface area (Å²) >= 11 is 9.21. The predicted molar refractivity (Wildman–Crippen MR) is 106 cm³/mol. The lowest BCUT2D eigenvalue weighted by atomic mass is 10.1. The summed E-state index contributed by atoms with van der Waals surface area (Å²) in [5, 5.41) is 3.32. The molecule has 2 aromatic heterocycles. The van der Waals surface area contributed by atoms with Gasteiger partial charge in [0.2, 0.25) is 0 Å². The molecule has 0 radical (unpaired) electrons. The van der Waals surface area contributed by atoms with Gasteiger partial charge in [0.15, 0.2) is 0 Å². The number of H-pyrrole nitrogens is 1. The van der Waals surface area contributed by atoms with Crippen LogP contribution in [0.5, 0.6) is 0 Å². The highest BCUT2D eigenvalue weighted by molar-refractivity contribution is 7.98. The quantitative estimate of drug-likeness (QED) is 0.682. The summed E-state index contributed by atoms with van der Waals surface area (Å²) in [7, 11) is 0. The molecular formula is C18H17ClN2O2S2. The minimum absolute atomic E-state index is 0.0797. The van der Waals surface area contributed by atoms with Gasteiger partial charge in [0.25, 0.3) is 5.56 Å². The molecule has 25 heavy (non-hydrogen) atoms. The molecule has 0 aliphatic carbocycles. The van der Waals surface area contributed by atoms with Crippen molar-refractivity contribution in [2.75, 3.05) is 12.4 Å². The van der Waals surface area contributed by atoms with Gasteiger partial charge < -0.3 is 9.72 Å². The van der Waals surface area contributed by atoms with Crippen molar-refractivity contribution in [3.05, 3.63) is 50.8 Å². The maximum Gasteiger partial charge on any atom is 0.260 e. The minimum Gasteiger partial charge on any atom is -0.377 e. The summed E-state index contributed by atoms with van der Waals surface area (Å²) in [5.41, 5.74) is 1.80. The van der Waals surface area contributed by atoms with Crippen molar-refractivity contribution in [3.63, 3.8) is 0 Å². The van der Waals surface area contributed by atoms with E-state index in [-0.39, 0.29) is 5.56 Å². The number of fused-ring (bicyclic) bond motifs is 1. The zero-order valence-electron chi connectivity index (χ0n) is 13.5. The Kier molecular flexibility index (Phi) is 5.12. The van der Waals surface area contributed by atoms with Gasteiger partial charge in [0.1, 0.15) is 10.7 Å². The van der Waals surface area contributed by atoms with E-state index in [4.69, 9.17) is 16.3 Å². The summed E-state index contributed by atoms with van der Waals surface area (Å²) in [5.74, 6) is 2.37. The fraction of sp³-hybridized carbons (Fsp3) is 0.333. The van der Waals surface area contributed by atoms with Crippen LogP contribution < -0.4 is 5.56 Å². The highest BCUT2D eigenvalue weighted by Gasteiger charge is 2.16. The second kappa shape index (κ2) is 7.50. The fourth-order valence-corrected chi connectivity index (χ4v) is 5.03. The summed E-state index contributed by atoms with van der Waals surface area (Å²) in [6.07, 6.45) is 2.62. The molecule has 7 heteroatoms. The third-order valence-electron chi connectivity index (χ3n) is 4.21. The SMILES string of the molecule is O=c1[nH]c(CSC[C@H]2CCCO2)nc2scc(-c3ccc(Cl)cc3)c12. The van der Waals surface area contributed by atoms with Crippen molar-refractivity contribution in [1.82, 2.24) is 9.97 Å². The van der Waals surface area contributed by atoms with Crippen LogP contribution in [0.4, 0.5) is 0 Å². The summed E-state index contributed by atoms with van der Waals surface area (Å²) in [6.45, 7) is 0.870. The average molecular weight is 393 g/mol. The molecule has 4 rings (SSSR count). The highest BCUT2D eigenvalue weighted by atomic mass is 35.5. The molecule has 0 bridgehead atoms. The summed E-state index contributed by atoms with van der Waals surface area (Å²) in [6, 6.07) is 7.51. The number of rotatable bonds is 5. The number of thiophene rings is 1. The number of aromatic nitrogens is 2. The lowest BCUT2D eigenvalue weighted by Crippen LogP contribution is -2.12. The Bertz CT molecular complexity index is 930. The van der Waals surface area contributed by atoms with Gasteiger partial charge in [-0.2, -0.15) is 11.8 Å². The first-order chi connectivity index (χ1) is 12.2. The Morgan fingerprint density at radius 3 is 2.96 bits per heavy atom. The van der Waals surface area contributed by atoms with Gasteiger partial charge in [-0.3, -0.25) is 4.79 Å². The molecule has 4 nitrogen and oxygen atoms in total. The molecule has 1 saturated heterocycles. The van der Waals surface area contributed by atoms with Crippen LogP contribution in [0.1, 0.15) is 18.7 Å². The number of aromatic amines is 1. The Hall–Kier alpha value is -1.34. The van der Waals surface area contributed by atoms with E-state index in [1.807, 2.05) is 29.6 Å². The van der Waals surface area contributed by atoms with E-state index in [0.29, 0.717) is 22.3 Å². The lowest BCUT2D eigenvalue weighted by molar-refractivity contribution is 0.129. The van der Waals surface area contributed by atoms with Crippen LogP contribution >= 0.6 is 34.7 Å². The molecule has 1 aliphatic rings. The van der Waals surface area contributed by atoms with Crippen molar-refractivity contribution in [1.29, 1.82) is 0 Å². The van der Waals surface area contributed by atoms with Crippen LogP contribution in [0.15, 0.2) is 34.4 Å². The Morgan fingerprint density at radius 1 is 1.36 bits per heavy atom. The normalized spacial score (nSPS) is 17.4. The number of halogens is 1. The first-order valence-corrected chi connectivity index (χ1v) is 10.6. The number of hydrogen-bond donors (Lipinski definition) is 1. The topological polar surface area (TPSA) is 55.0 Å². The molecule has 0 saturated carbocycles. The Labute approximate surface area is 158 Å². The maximum atomic E-state index is 12.6. The van der Waals surface area contributed by atoms with Gasteiger partial charge in [0, 0.05) is 28.3 Å². The van der Waals surface area contributed by atoms with Gasteiger partial charge in [-0.05, 0) is 30.5 Å². The number of thioether (sulfide) groups is 1. The fourth-order valence-electron chi connectivity index (χ4n) is 2.97. The maximum absolute atomic E-state index is 12.6. The molecule has 0 amide bonds. The van der Waals surface area contributed by atoms with Gasteiger partial charge in [-0.15, -0.1) is 11.3 Å². The average Bonchev–Trinajstić information content (AvgIpc) is 3.25. The van der Waals surface area contributed by atoms with Crippen LogP contribution in [-0.4, -0.2) is 28.4 Å². The first-order valence-electron chi connectivity index (χ1n) is 8.16. The van der Waals surface area contributed by atoms with Gasteiger partial charge in [0.05, 0.1) is 17.2 Å². The zero-order chi connectivity index (χ0) is 17.2. The molecule has 3 aromatic rings. The summed E-state index contributed by atoms with van der Waals surface area (Å²) < 4.78 is 5.63. The van der Waals surface area contributed by atoms with Crippen molar-refractivity contribution in [2.45, 2.75) is 24.7 Å². The number of hydrogen-bond acceptors (Lipinski definition) is 5. The molecule has 1 atom stereocenters. The van der Waals surface area contributed by atoms with Crippen LogP contribution in [0.25, 0.3) is 21.3 Å². The van der Waals surface area contributed by atoms with Crippen molar-refractivity contribution >= 4 is 44.9 Å². The van der Waals surface area contributed by atoms with E-state index in [1.165, 1.54) is 11.3 Å². The number of ether oxygens (including phenoxy) is 1. The number of nitrogens with zero attached hydrogens (tertiary/aromatic N) is 1. The first kappa shape index (κ1) is 17.1. The molecule has 0 spiro atoms. The molecule has 0 unspecified atom stereocenters. The van der Waals surface area contributed by atoms with Crippen molar-refractivity contribution in [2.24, 2.45) is 0 Å². The monoisotopic (exact) mass is 392 g/mol. The van der Waals surface area contributed by atoms with Gasteiger partial charge in [-0.1, -0.05) is 23.7 Å². The van der Waals surface area contributed by atoms with E-state index >= 15 is 0 Å².